The fourth-order valence-corrected chi connectivity index (χ4v) is 2.77. The van der Waals surface area contributed by atoms with E-state index in [0.717, 1.165) is 12.8 Å². The van der Waals surface area contributed by atoms with Gasteiger partial charge < -0.3 is 20.5 Å². The average Bonchev–Trinajstić information content (AvgIpc) is 2.40. The van der Waals surface area contributed by atoms with Gasteiger partial charge in [-0.15, -0.1) is 0 Å². The molecule has 1 aliphatic rings. The Morgan fingerprint density at radius 1 is 1.37 bits per heavy atom. The number of nitrogens with one attached hydrogen (secondary N) is 2. The van der Waals surface area contributed by atoms with Gasteiger partial charge in [0, 0.05) is 25.6 Å². The van der Waals surface area contributed by atoms with Gasteiger partial charge in [0.2, 0.25) is 5.91 Å². The van der Waals surface area contributed by atoms with Crippen LogP contribution in [-0.2, 0) is 9.53 Å². The lowest BCUT2D eigenvalue weighted by molar-refractivity contribution is -0.123. The smallest absolute Gasteiger partial charge is 0.221 e. The summed E-state index contributed by atoms with van der Waals surface area (Å²) < 4.78 is 4.84. The van der Waals surface area contributed by atoms with Crippen molar-refractivity contribution in [2.75, 3.05) is 27.3 Å². The summed E-state index contributed by atoms with van der Waals surface area (Å²) in [7, 11) is 3.50. The molecule has 1 unspecified atom stereocenters. The highest BCUT2D eigenvalue weighted by Gasteiger charge is 2.32. The molecule has 0 saturated heterocycles. The topological polar surface area (TPSA) is 70.6 Å². The predicted molar refractivity (Wildman–Crippen MR) is 75.0 cm³/mol. The molecule has 0 aromatic rings. The lowest BCUT2D eigenvalue weighted by Crippen LogP contribution is -2.48. The Morgan fingerprint density at radius 3 is 2.63 bits per heavy atom. The summed E-state index contributed by atoms with van der Waals surface area (Å²) in [6, 6.07) is 0. The number of methoxy groups -OCH3 is 1. The van der Waals surface area contributed by atoms with Gasteiger partial charge in [0.25, 0.3) is 0 Å². The summed E-state index contributed by atoms with van der Waals surface area (Å²) in [5, 5.41) is 15.7. The molecule has 1 fully saturated rings. The highest BCUT2D eigenvalue weighted by Crippen LogP contribution is 2.30. The van der Waals surface area contributed by atoms with Crippen LogP contribution >= 0.6 is 0 Å². The highest BCUT2D eigenvalue weighted by molar-refractivity contribution is 5.77. The summed E-state index contributed by atoms with van der Waals surface area (Å²) in [4.78, 5) is 12.0. The van der Waals surface area contributed by atoms with Crippen molar-refractivity contribution in [2.24, 2.45) is 0 Å². The Bertz CT molecular complexity index is 265. The van der Waals surface area contributed by atoms with Crippen molar-refractivity contribution in [3.05, 3.63) is 0 Å². The zero-order valence-electron chi connectivity index (χ0n) is 12.2. The van der Waals surface area contributed by atoms with Gasteiger partial charge in [0.15, 0.2) is 0 Å². The summed E-state index contributed by atoms with van der Waals surface area (Å²) in [6.45, 7) is 0.819. The first-order valence-corrected chi connectivity index (χ1v) is 7.24. The molecule has 19 heavy (non-hydrogen) atoms. The number of rotatable bonds is 8. The van der Waals surface area contributed by atoms with Crippen LogP contribution in [0.25, 0.3) is 0 Å². The molecule has 0 aliphatic heterocycles. The molecule has 1 aliphatic carbocycles. The molecule has 0 radical (unpaired) electrons. The number of carbonyl (C=O) groups is 1. The first kappa shape index (κ1) is 16.4. The van der Waals surface area contributed by atoms with E-state index in [4.69, 9.17) is 4.74 Å². The Morgan fingerprint density at radius 2 is 2.05 bits per heavy atom. The minimum Gasteiger partial charge on any atom is -0.391 e. The number of aliphatic hydroxyl groups excluding tert-OH is 1. The fourth-order valence-electron chi connectivity index (χ4n) is 2.77. The largest absolute Gasteiger partial charge is 0.391 e. The van der Waals surface area contributed by atoms with Crippen LogP contribution < -0.4 is 10.6 Å². The summed E-state index contributed by atoms with van der Waals surface area (Å²) >= 11 is 0. The first-order valence-electron chi connectivity index (χ1n) is 7.24. The fraction of sp³-hybridized carbons (Fsp3) is 0.929. The number of aliphatic hydroxyl groups is 1. The Kier molecular flexibility index (Phi) is 7.34. The summed E-state index contributed by atoms with van der Waals surface area (Å²) in [5.74, 6) is 0.0702. The van der Waals surface area contributed by atoms with Crippen LogP contribution in [0.4, 0.5) is 0 Å². The van der Waals surface area contributed by atoms with E-state index in [9.17, 15) is 9.90 Å². The molecule has 0 aromatic heterocycles. The molecule has 1 amide bonds. The number of hydrogen-bond donors (Lipinski definition) is 3. The van der Waals surface area contributed by atoms with Gasteiger partial charge in [-0.3, -0.25) is 4.79 Å². The van der Waals surface area contributed by atoms with Crippen molar-refractivity contribution in [3.63, 3.8) is 0 Å². The quantitative estimate of drug-likeness (QED) is 0.611. The van der Waals surface area contributed by atoms with Crippen molar-refractivity contribution >= 4 is 5.91 Å². The number of carbonyl (C=O) groups excluding carboxylic acids is 1. The van der Waals surface area contributed by atoms with Crippen LogP contribution in [0, 0.1) is 0 Å². The first-order chi connectivity index (χ1) is 9.12. The van der Waals surface area contributed by atoms with E-state index in [-0.39, 0.29) is 11.4 Å². The SMILES string of the molecule is CNC1(CC(=O)NCCC(O)COC)CCCCC1. The molecule has 0 heterocycles. The molecule has 0 spiro atoms. The van der Waals surface area contributed by atoms with E-state index in [1.807, 2.05) is 7.05 Å². The Balaban J connectivity index is 2.25. The van der Waals surface area contributed by atoms with Crippen LogP contribution in [0.15, 0.2) is 0 Å². The van der Waals surface area contributed by atoms with Crippen LogP contribution in [0.5, 0.6) is 0 Å². The standard InChI is InChI=1S/C14H28N2O3/c1-15-14(7-4-3-5-8-14)10-13(18)16-9-6-12(17)11-19-2/h12,15,17H,3-11H2,1-2H3,(H,16,18). The van der Waals surface area contributed by atoms with Gasteiger partial charge in [-0.1, -0.05) is 19.3 Å². The second kappa shape index (κ2) is 8.51. The van der Waals surface area contributed by atoms with E-state index >= 15 is 0 Å². The van der Waals surface area contributed by atoms with Gasteiger partial charge >= 0.3 is 0 Å². The maximum Gasteiger partial charge on any atom is 0.221 e. The summed E-state index contributed by atoms with van der Waals surface area (Å²) in [5.41, 5.74) is -0.0204. The van der Waals surface area contributed by atoms with Crippen molar-refractivity contribution < 1.29 is 14.6 Å². The number of ether oxygens (including phenoxy) is 1. The average molecular weight is 272 g/mol. The third-order valence-electron chi connectivity index (χ3n) is 4.00. The van der Waals surface area contributed by atoms with Gasteiger partial charge in [-0.05, 0) is 26.3 Å². The maximum atomic E-state index is 12.0. The highest BCUT2D eigenvalue weighted by atomic mass is 16.5. The molecule has 1 saturated carbocycles. The lowest BCUT2D eigenvalue weighted by Gasteiger charge is -2.36. The molecule has 5 nitrogen and oxygen atoms in total. The van der Waals surface area contributed by atoms with Crippen LogP contribution in [-0.4, -0.2) is 50.0 Å². The Hall–Kier alpha value is -0.650. The zero-order valence-corrected chi connectivity index (χ0v) is 12.2. The molecule has 1 atom stereocenters. The van der Waals surface area contributed by atoms with E-state index in [2.05, 4.69) is 10.6 Å². The molecule has 3 N–H and O–H groups in total. The van der Waals surface area contributed by atoms with Gasteiger partial charge in [-0.2, -0.15) is 0 Å². The molecule has 1 rings (SSSR count). The summed E-state index contributed by atoms with van der Waals surface area (Å²) in [6.07, 6.45) is 6.37. The van der Waals surface area contributed by atoms with E-state index in [1.54, 1.807) is 7.11 Å². The van der Waals surface area contributed by atoms with Gasteiger partial charge in [0.1, 0.15) is 0 Å². The molecule has 0 bridgehead atoms. The second-order valence-electron chi connectivity index (χ2n) is 5.52. The van der Waals surface area contributed by atoms with Crippen molar-refractivity contribution in [1.82, 2.24) is 10.6 Å². The van der Waals surface area contributed by atoms with Crippen LogP contribution in [0.1, 0.15) is 44.9 Å². The van der Waals surface area contributed by atoms with Crippen molar-refractivity contribution in [1.29, 1.82) is 0 Å². The van der Waals surface area contributed by atoms with Crippen LogP contribution in [0.2, 0.25) is 0 Å². The van der Waals surface area contributed by atoms with Gasteiger partial charge in [-0.25, -0.2) is 0 Å². The van der Waals surface area contributed by atoms with E-state index < -0.39 is 6.10 Å². The molecular weight excluding hydrogens is 244 g/mol. The minimum absolute atomic E-state index is 0.0204. The van der Waals surface area contributed by atoms with Crippen LogP contribution in [0.3, 0.4) is 0 Å². The number of hydrogen-bond acceptors (Lipinski definition) is 4. The van der Waals surface area contributed by atoms with Crippen molar-refractivity contribution in [2.45, 2.75) is 56.6 Å². The molecular formula is C14H28N2O3. The van der Waals surface area contributed by atoms with E-state index in [1.165, 1.54) is 19.3 Å². The Labute approximate surface area is 116 Å². The molecule has 112 valence electrons. The van der Waals surface area contributed by atoms with E-state index in [0.29, 0.717) is 26.0 Å². The third kappa shape index (κ3) is 5.89. The predicted octanol–water partition coefficient (Wildman–Crippen LogP) is 0.812. The second-order valence-corrected chi connectivity index (χ2v) is 5.52. The third-order valence-corrected chi connectivity index (χ3v) is 4.00. The number of amides is 1. The monoisotopic (exact) mass is 272 g/mol. The minimum atomic E-state index is -0.502. The maximum absolute atomic E-state index is 12.0. The molecule has 5 heteroatoms. The zero-order chi connectivity index (χ0) is 14.1. The van der Waals surface area contributed by atoms with Crippen molar-refractivity contribution in [3.8, 4) is 0 Å². The molecule has 0 aromatic carbocycles. The lowest BCUT2D eigenvalue weighted by atomic mass is 9.79. The van der Waals surface area contributed by atoms with Gasteiger partial charge in [0.05, 0.1) is 12.7 Å². The normalized spacial score (nSPS) is 19.9.